The molecule has 19 heavy (non-hydrogen) atoms. The molecular weight excluding hydrogens is 240 g/mol. The van der Waals surface area contributed by atoms with Crippen LogP contribution in [0.4, 0.5) is 5.69 Å². The fraction of sp³-hybridized carbons (Fsp3) is 0.133. The topological polar surface area (TPSA) is 68.3 Å². The quantitative estimate of drug-likeness (QED) is 0.653. The summed E-state index contributed by atoms with van der Waals surface area (Å²) in [6.07, 6.45) is 4.79. The van der Waals surface area contributed by atoms with Crippen LogP contribution in [-0.4, -0.2) is 5.91 Å². The van der Waals surface area contributed by atoms with E-state index in [9.17, 15) is 4.79 Å². The number of anilines is 1. The lowest BCUT2D eigenvalue weighted by Crippen LogP contribution is -2.24. The first-order valence-corrected chi connectivity index (χ1v) is 6.02. The van der Waals surface area contributed by atoms with Crippen molar-refractivity contribution in [3.05, 3.63) is 60.1 Å². The maximum atomic E-state index is 11.7. The van der Waals surface area contributed by atoms with Crippen LogP contribution >= 0.6 is 0 Å². The van der Waals surface area contributed by atoms with Gasteiger partial charge in [-0.25, -0.2) is 0 Å². The van der Waals surface area contributed by atoms with Crippen molar-refractivity contribution in [2.75, 3.05) is 5.73 Å². The van der Waals surface area contributed by atoms with Crippen LogP contribution in [0.2, 0.25) is 0 Å². The third-order valence-corrected chi connectivity index (χ3v) is 2.67. The summed E-state index contributed by atoms with van der Waals surface area (Å²) in [4.78, 5) is 11.7. The molecule has 0 bridgehead atoms. The highest BCUT2D eigenvalue weighted by molar-refractivity contribution is 5.92. The summed E-state index contributed by atoms with van der Waals surface area (Å²) in [6.45, 7) is 1.87. The number of hydrogen-bond acceptors (Lipinski definition) is 3. The standard InChI is InChI=1S/C15H16N2O2/c1-11(14-6-3-9-19-14)17-15(18)8-7-12-4-2-5-13(16)10-12/h2-11H,16H2,1H3,(H,17,18)/b8-7+. The highest BCUT2D eigenvalue weighted by atomic mass is 16.3. The summed E-state index contributed by atoms with van der Waals surface area (Å²) in [5.74, 6) is 0.553. The van der Waals surface area contributed by atoms with Crippen LogP contribution in [0.3, 0.4) is 0 Å². The minimum atomic E-state index is -0.175. The predicted molar refractivity (Wildman–Crippen MR) is 75.2 cm³/mol. The van der Waals surface area contributed by atoms with Crippen molar-refractivity contribution in [3.63, 3.8) is 0 Å². The maximum Gasteiger partial charge on any atom is 0.244 e. The Morgan fingerprint density at radius 2 is 2.21 bits per heavy atom. The van der Waals surface area contributed by atoms with Crippen molar-refractivity contribution in [3.8, 4) is 0 Å². The van der Waals surface area contributed by atoms with Gasteiger partial charge in [-0.2, -0.15) is 0 Å². The van der Waals surface area contributed by atoms with Gasteiger partial charge < -0.3 is 15.5 Å². The molecule has 98 valence electrons. The van der Waals surface area contributed by atoms with Gasteiger partial charge in [-0.15, -0.1) is 0 Å². The molecule has 1 aromatic heterocycles. The molecule has 0 aliphatic heterocycles. The highest BCUT2D eigenvalue weighted by Gasteiger charge is 2.09. The number of rotatable bonds is 4. The van der Waals surface area contributed by atoms with Crippen LogP contribution in [0, 0.1) is 0 Å². The second-order valence-corrected chi connectivity index (χ2v) is 4.25. The number of furan rings is 1. The third kappa shape index (κ3) is 3.74. The van der Waals surface area contributed by atoms with Gasteiger partial charge >= 0.3 is 0 Å². The molecule has 0 spiro atoms. The lowest BCUT2D eigenvalue weighted by atomic mass is 10.2. The summed E-state index contributed by atoms with van der Waals surface area (Å²) >= 11 is 0. The van der Waals surface area contributed by atoms with Gasteiger partial charge in [-0.1, -0.05) is 12.1 Å². The van der Waals surface area contributed by atoms with Crippen molar-refractivity contribution < 1.29 is 9.21 Å². The first-order chi connectivity index (χ1) is 9.15. The molecule has 1 heterocycles. The van der Waals surface area contributed by atoms with Crippen molar-refractivity contribution in [1.82, 2.24) is 5.32 Å². The van der Waals surface area contributed by atoms with Gasteiger partial charge in [0.05, 0.1) is 12.3 Å². The fourth-order valence-electron chi connectivity index (χ4n) is 1.70. The largest absolute Gasteiger partial charge is 0.467 e. The van der Waals surface area contributed by atoms with Crippen LogP contribution in [0.5, 0.6) is 0 Å². The van der Waals surface area contributed by atoms with Crippen molar-refractivity contribution in [2.24, 2.45) is 0 Å². The molecular formula is C15H16N2O2. The van der Waals surface area contributed by atoms with Crippen molar-refractivity contribution >= 4 is 17.7 Å². The fourth-order valence-corrected chi connectivity index (χ4v) is 1.70. The Labute approximate surface area is 111 Å². The zero-order valence-corrected chi connectivity index (χ0v) is 10.7. The van der Waals surface area contributed by atoms with Crippen molar-refractivity contribution in [2.45, 2.75) is 13.0 Å². The first-order valence-electron chi connectivity index (χ1n) is 6.02. The molecule has 3 N–H and O–H groups in total. The Balaban J connectivity index is 1.94. The van der Waals surface area contributed by atoms with E-state index in [1.54, 1.807) is 30.5 Å². The summed E-state index contributed by atoms with van der Waals surface area (Å²) in [6, 6.07) is 10.8. The van der Waals surface area contributed by atoms with Gasteiger partial charge in [0.25, 0.3) is 0 Å². The Bertz CT molecular complexity index is 574. The van der Waals surface area contributed by atoms with Gasteiger partial charge in [0.15, 0.2) is 0 Å². The number of carbonyl (C=O) groups is 1. The lowest BCUT2D eigenvalue weighted by Gasteiger charge is -2.08. The van der Waals surface area contributed by atoms with E-state index < -0.39 is 0 Å². The number of carbonyl (C=O) groups excluding carboxylic acids is 1. The molecule has 0 radical (unpaired) electrons. The van der Waals surface area contributed by atoms with E-state index in [0.29, 0.717) is 5.69 Å². The van der Waals surface area contributed by atoms with E-state index in [4.69, 9.17) is 10.2 Å². The molecule has 4 nitrogen and oxygen atoms in total. The predicted octanol–water partition coefficient (Wildman–Crippen LogP) is 2.75. The number of hydrogen-bond donors (Lipinski definition) is 2. The van der Waals surface area contributed by atoms with Gasteiger partial charge in [0.1, 0.15) is 5.76 Å². The zero-order valence-electron chi connectivity index (χ0n) is 10.7. The van der Waals surface area contributed by atoms with Crippen LogP contribution < -0.4 is 11.1 Å². The summed E-state index contributed by atoms with van der Waals surface area (Å²) in [7, 11) is 0. The van der Waals surface area contributed by atoms with Crippen LogP contribution in [0.25, 0.3) is 6.08 Å². The Morgan fingerprint density at radius 1 is 1.37 bits per heavy atom. The first kappa shape index (κ1) is 13.0. The third-order valence-electron chi connectivity index (χ3n) is 2.67. The molecule has 0 saturated carbocycles. The number of benzene rings is 1. The molecule has 1 unspecified atom stereocenters. The molecule has 2 aromatic rings. The van der Waals surface area contributed by atoms with E-state index in [-0.39, 0.29) is 11.9 Å². The van der Waals surface area contributed by atoms with E-state index in [1.165, 1.54) is 6.08 Å². The summed E-state index contributed by atoms with van der Waals surface area (Å²) < 4.78 is 5.22. The van der Waals surface area contributed by atoms with Crippen LogP contribution in [-0.2, 0) is 4.79 Å². The van der Waals surface area contributed by atoms with Crippen LogP contribution in [0.1, 0.15) is 24.3 Å². The van der Waals surface area contributed by atoms with E-state index in [1.807, 2.05) is 25.1 Å². The Morgan fingerprint density at radius 3 is 2.89 bits per heavy atom. The maximum absolute atomic E-state index is 11.7. The molecule has 0 fully saturated rings. The van der Waals surface area contributed by atoms with Gasteiger partial charge in [0, 0.05) is 11.8 Å². The minimum Gasteiger partial charge on any atom is -0.467 e. The molecule has 1 amide bonds. The number of amides is 1. The van der Waals surface area contributed by atoms with E-state index >= 15 is 0 Å². The van der Waals surface area contributed by atoms with Crippen LogP contribution in [0.15, 0.2) is 53.2 Å². The molecule has 0 aliphatic carbocycles. The second-order valence-electron chi connectivity index (χ2n) is 4.25. The lowest BCUT2D eigenvalue weighted by molar-refractivity contribution is -0.117. The number of nitrogens with two attached hydrogens (primary N) is 1. The normalized spacial score (nSPS) is 12.5. The zero-order chi connectivity index (χ0) is 13.7. The van der Waals surface area contributed by atoms with Gasteiger partial charge in [-0.3, -0.25) is 4.79 Å². The smallest absolute Gasteiger partial charge is 0.244 e. The number of nitrogen functional groups attached to an aromatic ring is 1. The van der Waals surface area contributed by atoms with Gasteiger partial charge in [-0.05, 0) is 42.8 Å². The Hall–Kier alpha value is -2.49. The van der Waals surface area contributed by atoms with Gasteiger partial charge in [0.2, 0.25) is 5.91 Å². The molecule has 2 rings (SSSR count). The van der Waals surface area contributed by atoms with E-state index in [0.717, 1.165) is 11.3 Å². The molecule has 1 aromatic carbocycles. The molecule has 0 saturated heterocycles. The molecule has 1 atom stereocenters. The highest BCUT2D eigenvalue weighted by Crippen LogP contribution is 2.12. The SMILES string of the molecule is CC(NC(=O)/C=C/c1cccc(N)c1)c1ccco1. The summed E-state index contributed by atoms with van der Waals surface area (Å²) in [5, 5.41) is 2.82. The Kier molecular flexibility index (Phi) is 4.03. The monoisotopic (exact) mass is 256 g/mol. The van der Waals surface area contributed by atoms with E-state index in [2.05, 4.69) is 5.32 Å². The average molecular weight is 256 g/mol. The minimum absolute atomic E-state index is 0.159. The molecule has 4 heteroatoms. The average Bonchev–Trinajstić information content (AvgIpc) is 2.90. The van der Waals surface area contributed by atoms with Crippen molar-refractivity contribution in [1.29, 1.82) is 0 Å². The second kappa shape index (κ2) is 5.91. The number of nitrogens with one attached hydrogen (secondary N) is 1. The summed E-state index contributed by atoms with van der Waals surface area (Å²) in [5.41, 5.74) is 7.23. The molecule has 0 aliphatic rings.